The van der Waals surface area contributed by atoms with Crippen LogP contribution in [0.5, 0.6) is 0 Å². The third kappa shape index (κ3) is 1.18. The molecule has 64 valence electrons. The van der Waals surface area contributed by atoms with E-state index in [4.69, 9.17) is 5.14 Å². The predicted octanol–water partition coefficient (Wildman–Crippen LogP) is 0.192. The molecule has 2 aliphatic rings. The Morgan fingerprint density at radius 2 is 2.18 bits per heavy atom. The topological polar surface area (TPSA) is 41.3 Å². The monoisotopic (exact) mass is 173 g/mol. The minimum Gasteiger partial charge on any atom is -0.316 e. The molecule has 2 rings (SSSR count). The van der Waals surface area contributed by atoms with Crippen LogP contribution < -0.4 is 10.5 Å². The lowest BCUT2D eigenvalue weighted by atomic mass is 9.62. The van der Waals surface area contributed by atoms with E-state index >= 15 is 0 Å². The minimum atomic E-state index is 0.675. The summed E-state index contributed by atoms with van der Waals surface area (Å²) in [5, 5.41) is 8.78. The highest BCUT2D eigenvalue weighted by Crippen LogP contribution is 2.46. The summed E-state index contributed by atoms with van der Waals surface area (Å²) in [5.41, 5.74) is 0.675. The van der Waals surface area contributed by atoms with Crippen LogP contribution in [0.2, 0.25) is 0 Å². The second kappa shape index (κ2) is 2.62. The van der Waals surface area contributed by atoms with E-state index in [0.29, 0.717) is 5.41 Å². The zero-order chi connectivity index (χ0) is 7.90. The van der Waals surface area contributed by atoms with Crippen molar-refractivity contribution in [3.05, 3.63) is 0 Å². The van der Waals surface area contributed by atoms with Crippen molar-refractivity contribution in [1.82, 2.24) is 9.62 Å². The molecule has 2 fully saturated rings. The quantitative estimate of drug-likeness (QED) is 0.585. The van der Waals surface area contributed by atoms with Crippen LogP contribution in [-0.4, -0.2) is 30.5 Å². The molecule has 0 aromatic heterocycles. The molecule has 3 N–H and O–H groups in total. The number of hydrogen-bond acceptors (Lipinski definition) is 4. The highest BCUT2D eigenvalue weighted by molar-refractivity contribution is 7.94. The van der Waals surface area contributed by atoms with Gasteiger partial charge in [-0.05, 0) is 25.3 Å². The summed E-state index contributed by atoms with van der Waals surface area (Å²) in [4.78, 5) is 0. The van der Waals surface area contributed by atoms with E-state index in [0.717, 1.165) is 6.04 Å². The predicted molar refractivity (Wildman–Crippen MR) is 47.9 cm³/mol. The molecule has 0 amide bonds. The first-order chi connectivity index (χ1) is 5.26. The molecule has 1 saturated heterocycles. The standard InChI is InChI=1S/C7H15N3S/c1-10(11-8)6-2-7(3-6)4-9-5-7/h6,9H,2-5,8H2,1H3. The van der Waals surface area contributed by atoms with E-state index in [9.17, 15) is 0 Å². The Bertz CT molecular complexity index is 150. The van der Waals surface area contributed by atoms with Crippen molar-refractivity contribution in [3.8, 4) is 0 Å². The van der Waals surface area contributed by atoms with Crippen molar-refractivity contribution in [2.45, 2.75) is 18.9 Å². The van der Waals surface area contributed by atoms with Crippen LogP contribution in [0.15, 0.2) is 0 Å². The minimum absolute atomic E-state index is 0.675. The van der Waals surface area contributed by atoms with Crippen LogP contribution in [-0.2, 0) is 0 Å². The third-order valence-electron chi connectivity index (χ3n) is 3.02. The molecule has 0 unspecified atom stereocenters. The summed E-state index contributed by atoms with van der Waals surface area (Å²) in [5.74, 6) is 0. The van der Waals surface area contributed by atoms with Crippen LogP contribution in [0.25, 0.3) is 0 Å². The normalized spacial score (nSPS) is 28.6. The van der Waals surface area contributed by atoms with Gasteiger partial charge in [0.05, 0.1) is 0 Å². The Morgan fingerprint density at radius 1 is 1.55 bits per heavy atom. The maximum absolute atomic E-state index is 5.46. The molecule has 3 nitrogen and oxygen atoms in total. The van der Waals surface area contributed by atoms with E-state index in [-0.39, 0.29) is 0 Å². The Morgan fingerprint density at radius 3 is 2.55 bits per heavy atom. The molecule has 0 bridgehead atoms. The molecular formula is C7H15N3S. The number of nitrogens with zero attached hydrogens (tertiary/aromatic N) is 1. The first kappa shape index (κ1) is 7.86. The fourth-order valence-corrected chi connectivity index (χ4v) is 2.37. The second-order valence-corrected chi connectivity index (χ2v) is 4.60. The molecular weight excluding hydrogens is 158 g/mol. The van der Waals surface area contributed by atoms with Crippen LogP contribution in [0.3, 0.4) is 0 Å². The van der Waals surface area contributed by atoms with Crippen molar-refractivity contribution >= 4 is 12.1 Å². The number of rotatable bonds is 2. The molecule has 0 atom stereocenters. The fraction of sp³-hybridized carbons (Fsp3) is 1.00. The van der Waals surface area contributed by atoms with Crippen molar-refractivity contribution in [1.29, 1.82) is 0 Å². The summed E-state index contributed by atoms with van der Waals surface area (Å²) in [6.07, 6.45) is 2.67. The van der Waals surface area contributed by atoms with Gasteiger partial charge in [-0.15, -0.1) is 0 Å². The SMILES string of the molecule is CN(SN)C1CC2(CNC2)C1. The zero-order valence-electron chi connectivity index (χ0n) is 6.84. The average Bonchev–Trinajstić information content (AvgIpc) is 1.81. The maximum atomic E-state index is 5.46. The smallest absolute Gasteiger partial charge is 0.0223 e. The van der Waals surface area contributed by atoms with E-state index in [1.54, 1.807) is 0 Å². The number of hydrogen-bond donors (Lipinski definition) is 2. The Balaban J connectivity index is 1.78. The van der Waals surface area contributed by atoms with Crippen LogP contribution in [0.4, 0.5) is 0 Å². The highest BCUT2D eigenvalue weighted by Gasteiger charge is 2.49. The van der Waals surface area contributed by atoms with Gasteiger partial charge < -0.3 is 5.32 Å². The van der Waals surface area contributed by atoms with Gasteiger partial charge in [0, 0.05) is 31.3 Å². The van der Waals surface area contributed by atoms with Crippen molar-refractivity contribution in [3.63, 3.8) is 0 Å². The van der Waals surface area contributed by atoms with Crippen LogP contribution in [0.1, 0.15) is 12.8 Å². The Hall–Kier alpha value is 0.230. The number of nitrogens with two attached hydrogens (primary N) is 1. The lowest BCUT2D eigenvalue weighted by Crippen LogP contribution is -2.64. The molecule has 11 heavy (non-hydrogen) atoms. The lowest BCUT2D eigenvalue weighted by molar-refractivity contribution is 0.00246. The van der Waals surface area contributed by atoms with Gasteiger partial charge in [0.25, 0.3) is 0 Å². The fourth-order valence-electron chi connectivity index (χ4n) is 2.05. The van der Waals surface area contributed by atoms with Crippen molar-refractivity contribution < 1.29 is 0 Å². The van der Waals surface area contributed by atoms with Gasteiger partial charge in [0.1, 0.15) is 0 Å². The summed E-state index contributed by atoms with van der Waals surface area (Å²) >= 11 is 1.36. The van der Waals surface area contributed by atoms with Crippen LogP contribution in [0, 0.1) is 5.41 Å². The summed E-state index contributed by atoms with van der Waals surface area (Å²) < 4.78 is 2.17. The average molecular weight is 173 g/mol. The second-order valence-electron chi connectivity index (χ2n) is 3.82. The largest absolute Gasteiger partial charge is 0.316 e. The van der Waals surface area contributed by atoms with Gasteiger partial charge in [-0.2, -0.15) is 0 Å². The van der Waals surface area contributed by atoms with Gasteiger partial charge in [-0.1, -0.05) is 0 Å². The third-order valence-corrected chi connectivity index (χ3v) is 3.65. The van der Waals surface area contributed by atoms with Gasteiger partial charge in [-0.25, -0.2) is 4.31 Å². The molecule has 1 aliphatic carbocycles. The molecule has 0 aromatic carbocycles. The summed E-state index contributed by atoms with van der Waals surface area (Å²) in [7, 11) is 2.08. The molecule has 1 aliphatic heterocycles. The van der Waals surface area contributed by atoms with E-state index < -0.39 is 0 Å². The molecule has 1 spiro atoms. The van der Waals surface area contributed by atoms with Crippen molar-refractivity contribution in [2.75, 3.05) is 20.1 Å². The van der Waals surface area contributed by atoms with E-state index in [1.165, 1.54) is 38.1 Å². The van der Waals surface area contributed by atoms with Gasteiger partial charge in [-0.3, -0.25) is 5.14 Å². The maximum Gasteiger partial charge on any atom is 0.0223 e. The van der Waals surface area contributed by atoms with E-state index in [2.05, 4.69) is 16.7 Å². The Kier molecular flexibility index (Phi) is 1.87. The highest BCUT2D eigenvalue weighted by atomic mass is 32.2. The van der Waals surface area contributed by atoms with Gasteiger partial charge >= 0.3 is 0 Å². The zero-order valence-corrected chi connectivity index (χ0v) is 7.66. The van der Waals surface area contributed by atoms with Gasteiger partial charge in [0.2, 0.25) is 0 Å². The molecule has 4 heteroatoms. The van der Waals surface area contributed by atoms with E-state index in [1.807, 2.05) is 0 Å². The lowest BCUT2D eigenvalue weighted by Gasteiger charge is -2.56. The summed E-state index contributed by atoms with van der Waals surface area (Å²) in [6, 6.07) is 0.729. The Labute approximate surface area is 72.0 Å². The van der Waals surface area contributed by atoms with Crippen LogP contribution >= 0.6 is 12.1 Å². The molecule has 1 saturated carbocycles. The van der Waals surface area contributed by atoms with Crippen molar-refractivity contribution in [2.24, 2.45) is 10.6 Å². The molecule has 0 aromatic rings. The molecule has 1 heterocycles. The summed E-state index contributed by atoms with van der Waals surface area (Å²) in [6.45, 7) is 2.46. The number of nitrogens with one attached hydrogen (secondary N) is 1. The first-order valence-electron chi connectivity index (χ1n) is 4.06. The first-order valence-corrected chi connectivity index (χ1v) is 4.90. The van der Waals surface area contributed by atoms with Gasteiger partial charge in [0.15, 0.2) is 0 Å². The molecule has 0 radical (unpaired) electrons.